The average Bonchev–Trinajstić information content (AvgIpc) is 2.80. The predicted octanol–water partition coefficient (Wildman–Crippen LogP) is 2.33. The summed E-state index contributed by atoms with van der Waals surface area (Å²) in [6, 6.07) is 5.19. The largest absolute Gasteiger partial charge is 0.290 e. The van der Waals surface area contributed by atoms with E-state index in [2.05, 4.69) is 4.98 Å². The third-order valence-corrected chi connectivity index (χ3v) is 3.07. The van der Waals surface area contributed by atoms with E-state index in [9.17, 15) is 9.59 Å². The van der Waals surface area contributed by atoms with E-state index >= 15 is 0 Å². The van der Waals surface area contributed by atoms with Crippen LogP contribution in [0.15, 0.2) is 18.2 Å². The Balaban J connectivity index is 2.15. The van der Waals surface area contributed by atoms with Gasteiger partial charge in [-0.05, 0) is 31.9 Å². The van der Waals surface area contributed by atoms with Crippen molar-refractivity contribution in [3.8, 4) is 0 Å². The molecule has 16 heavy (non-hydrogen) atoms. The van der Waals surface area contributed by atoms with Gasteiger partial charge in [0.2, 0.25) is 11.6 Å². The predicted molar refractivity (Wildman–Crippen MR) is 60.3 cm³/mol. The highest BCUT2D eigenvalue weighted by Crippen LogP contribution is 2.26. The van der Waals surface area contributed by atoms with Crippen LogP contribution in [0.3, 0.4) is 0 Å². The van der Waals surface area contributed by atoms with Crippen molar-refractivity contribution >= 4 is 11.6 Å². The lowest BCUT2D eigenvalue weighted by atomic mass is 9.97. The van der Waals surface area contributed by atoms with Crippen LogP contribution in [-0.2, 0) is 4.79 Å². The van der Waals surface area contributed by atoms with Crippen molar-refractivity contribution in [2.45, 2.75) is 32.6 Å². The van der Waals surface area contributed by atoms with Crippen molar-refractivity contribution in [1.29, 1.82) is 0 Å². The van der Waals surface area contributed by atoms with Gasteiger partial charge in [-0.1, -0.05) is 18.9 Å². The van der Waals surface area contributed by atoms with E-state index in [1.807, 2.05) is 13.0 Å². The number of nitrogens with zero attached hydrogens (tertiary/aromatic N) is 1. The number of carbonyl (C=O) groups is 2. The molecule has 0 N–H and O–H groups in total. The fourth-order valence-electron chi connectivity index (χ4n) is 2.17. The number of hydrogen-bond acceptors (Lipinski definition) is 3. The number of pyridine rings is 1. The molecule has 1 heterocycles. The molecule has 1 aromatic rings. The minimum atomic E-state index is -0.421. The molecule has 1 aliphatic carbocycles. The molecule has 1 saturated carbocycles. The van der Waals surface area contributed by atoms with E-state index in [4.69, 9.17) is 0 Å². The van der Waals surface area contributed by atoms with Crippen molar-refractivity contribution < 1.29 is 9.59 Å². The van der Waals surface area contributed by atoms with Crippen molar-refractivity contribution in [2.24, 2.45) is 5.92 Å². The van der Waals surface area contributed by atoms with Gasteiger partial charge >= 0.3 is 0 Å². The summed E-state index contributed by atoms with van der Waals surface area (Å²) in [4.78, 5) is 27.8. The maximum atomic E-state index is 11.9. The van der Waals surface area contributed by atoms with E-state index in [1.165, 1.54) is 0 Å². The zero-order chi connectivity index (χ0) is 11.5. The summed E-state index contributed by atoms with van der Waals surface area (Å²) in [5.41, 5.74) is 1.06. The fourth-order valence-corrected chi connectivity index (χ4v) is 2.17. The van der Waals surface area contributed by atoms with E-state index in [-0.39, 0.29) is 17.4 Å². The van der Waals surface area contributed by atoms with Crippen LogP contribution in [0, 0.1) is 12.8 Å². The van der Waals surface area contributed by atoms with Crippen molar-refractivity contribution in [3.63, 3.8) is 0 Å². The van der Waals surface area contributed by atoms with Crippen LogP contribution in [0.4, 0.5) is 0 Å². The molecule has 84 valence electrons. The van der Waals surface area contributed by atoms with Crippen molar-refractivity contribution in [1.82, 2.24) is 4.98 Å². The zero-order valence-electron chi connectivity index (χ0n) is 9.40. The van der Waals surface area contributed by atoms with E-state index in [0.29, 0.717) is 0 Å². The quantitative estimate of drug-likeness (QED) is 0.576. The molecular weight excluding hydrogens is 202 g/mol. The molecule has 2 rings (SSSR count). The Morgan fingerprint density at radius 3 is 2.56 bits per heavy atom. The summed E-state index contributed by atoms with van der Waals surface area (Å²) in [5, 5.41) is 0. The Morgan fingerprint density at radius 1 is 1.25 bits per heavy atom. The highest BCUT2D eigenvalue weighted by atomic mass is 16.2. The van der Waals surface area contributed by atoms with Crippen LogP contribution < -0.4 is 0 Å². The monoisotopic (exact) mass is 217 g/mol. The van der Waals surface area contributed by atoms with E-state index in [1.54, 1.807) is 12.1 Å². The molecule has 0 saturated heterocycles. The highest BCUT2D eigenvalue weighted by Gasteiger charge is 2.29. The van der Waals surface area contributed by atoms with Crippen LogP contribution in [0.1, 0.15) is 41.9 Å². The van der Waals surface area contributed by atoms with Crippen molar-refractivity contribution in [2.75, 3.05) is 0 Å². The number of ketones is 2. The first-order valence-corrected chi connectivity index (χ1v) is 5.70. The lowest BCUT2D eigenvalue weighted by Crippen LogP contribution is -2.22. The first-order valence-electron chi connectivity index (χ1n) is 5.70. The third-order valence-electron chi connectivity index (χ3n) is 3.07. The first-order chi connectivity index (χ1) is 7.68. The molecule has 1 aliphatic rings. The molecule has 0 atom stereocenters. The van der Waals surface area contributed by atoms with Gasteiger partial charge in [-0.25, -0.2) is 4.98 Å². The van der Waals surface area contributed by atoms with Gasteiger partial charge in [0.1, 0.15) is 5.69 Å². The normalized spacial score (nSPS) is 16.3. The maximum absolute atomic E-state index is 11.9. The van der Waals surface area contributed by atoms with Crippen LogP contribution in [0.2, 0.25) is 0 Å². The Labute approximate surface area is 94.9 Å². The second kappa shape index (κ2) is 4.56. The number of rotatable bonds is 3. The summed E-state index contributed by atoms with van der Waals surface area (Å²) in [7, 11) is 0. The Kier molecular flexibility index (Phi) is 3.13. The smallest absolute Gasteiger partial charge is 0.247 e. The molecule has 0 aliphatic heterocycles. The molecule has 0 unspecified atom stereocenters. The van der Waals surface area contributed by atoms with Gasteiger partial charge in [-0.15, -0.1) is 0 Å². The molecule has 1 aromatic heterocycles. The van der Waals surface area contributed by atoms with Crippen molar-refractivity contribution in [3.05, 3.63) is 29.6 Å². The summed E-state index contributed by atoms with van der Waals surface area (Å²) >= 11 is 0. The summed E-state index contributed by atoms with van der Waals surface area (Å²) in [6.07, 6.45) is 3.84. The summed E-state index contributed by atoms with van der Waals surface area (Å²) in [6.45, 7) is 1.82. The van der Waals surface area contributed by atoms with Crippen LogP contribution in [0.25, 0.3) is 0 Å². The SMILES string of the molecule is Cc1cccc(C(=O)C(=O)C2CCCC2)n1. The standard InChI is InChI=1S/C13H15NO2/c1-9-5-4-8-11(14-9)13(16)12(15)10-6-2-3-7-10/h4-5,8,10H,2-3,6-7H2,1H3. The lowest BCUT2D eigenvalue weighted by molar-refractivity contribution is -0.118. The molecule has 0 spiro atoms. The Hall–Kier alpha value is -1.51. The summed E-state index contributed by atoms with van der Waals surface area (Å²) < 4.78 is 0. The molecular formula is C13H15NO2. The van der Waals surface area contributed by atoms with Gasteiger partial charge < -0.3 is 0 Å². The maximum Gasteiger partial charge on any atom is 0.247 e. The number of carbonyl (C=O) groups excluding carboxylic acids is 2. The van der Waals surface area contributed by atoms with Gasteiger partial charge in [0, 0.05) is 11.6 Å². The second-order valence-electron chi connectivity index (χ2n) is 4.34. The van der Waals surface area contributed by atoms with E-state index in [0.717, 1.165) is 31.4 Å². The lowest BCUT2D eigenvalue weighted by Gasteiger charge is -2.06. The van der Waals surface area contributed by atoms with Crippen LogP contribution in [0.5, 0.6) is 0 Å². The highest BCUT2D eigenvalue weighted by molar-refractivity contribution is 6.43. The van der Waals surface area contributed by atoms with Gasteiger partial charge in [-0.3, -0.25) is 9.59 Å². The minimum Gasteiger partial charge on any atom is -0.290 e. The number of aromatic nitrogens is 1. The molecule has 0 aromatic carbocycles. The molecule has 0 bridgehead atoms. The number of Topliss-reactive ketones (excluding diaryl/α,β-unsaturated/α-hetero) is 2. The van der Waals surface area contributed by atoms with Gasteiger partial charge in [-0.2, -0.15) is 0 Å². The molecule has 0 radical (unpaired) electrons. The Bertz CT molecular complexity index is 420. The zero-order valence-corrected chi connectivity index (χ0v) is 9.40. The number of aryl methyl sites for hydroxylation is 1. The molecule has 3 nitrogen and oxygen atoms in total. The molecule has 1 fully saturated rings. The third kappa shape index (κ3) is 2.18. The fraction of sp³-hybridized carbons (Fsp3) is 0.462. The van der Waals surface area contributed by atoms with Gasteiger partial charge in [0.05, 0.1) is 0 Å². The first kappa shape index (κ1) is 11.0. The number of hydrogen-bond donors (Lipinski definition) is 0. The van der Waals surface area contributed by atoms with Gasteiger partial charge in [0.15, 0.2) is 0 Å². The molecule has 0 amide bonds. The minimum absolute atomic E-state index is 0.0604. The van der Waals surface area contributed by atoms with Gasteiger partial charge in [0.25, 0.3) is 0 Å². The molecule has 3 heteroatoms. The topological polar surface area (TPSA) is 47.0 Å². The van der Waals surface area contributed by atoms with Crippen LogP contribution >= 0.6 is 0 Å². The van der Waals surface area contributed by atoms with E-state index < -0.39 is 5.78 Å². The second-order valence-corrected chi connectivity index (χ2v) is 4.34. The van der Waals surface area contributed by atoms with Crippen LogP contribution in [-0.4, -0.2) is 16.6 Å². The summed E-state index contributed by atoms with van der Waals surface area (Å²) in [5.74, 6) is -0.735. The Morgan fingerprint density at radius 2 is 1.94 bits per heavy atom. The average molecular weight is 217 g/mol.